The average molecular weight is 276 g/mol. The maximum atomic E-state index is 11.6. The van der Waals surface area contributed by atoms with E-state index in [1.54, 1.807) is 0 Å². The van der Waals surface area contributed by atoms with Crippen LogP contribution in [0.2, 0.25) is 0 Å². The minimum absolute atomic E-state index is 0.333. The normalized spacial score (nSPS) is 18.2. The number of benzene rings is 1. The highest BCUT2D eigenvalue weighted by Gasteiger charge is 2.21. The summed E-state index contributed by atoms with van der Waals surface area (Å²) >= 11 is 0. The molecule has 3 N–H and O–H groups in total. The Balaban J connectivity index is 1.85. The van der Waals surface area contributed by atoms with Crippen LogP contribution >= 0.6 is 0 Å². The molecule has 0 saturated carbocycles. The maximum Gasteiger partial charge on any atom is 0.407 e. The topological polar surface area (TPSA) is 64.3 Å². The molecule has 0 spiro atoms. The fraction of sp³-hybridized carbons (Fsp3) is 0.562. The number of aryl methyl sites for hydroxylation is 1. The molecule has 20 heavy (non-hydrogen) atoms. The van der Waals surface area contributed by atoms with Crippen LogP contribution in [0.4, 0.5) is 10.5 Å². The lowest BCUT2D eigenvalue weighted by Crippen LogP contribution is -2.36. The van der Waals surface area contributed by atoms with Gasteiger partial charge in [0.1, 0.15) is 5.60 Å². The van der Waals surface area contributed by atoms with E-state index < -0.39 is 5.60 Å². The van der Waals surface area contributed by atoms with Crippen molar-refractivity contribution in [2.75, 3.05) is 12.3 Å². The van der Waals surface area contributed by atoms with Gasteiger partial charge in [-0.15, -0.1) is 0 Å². The van der Waals surface area contributed by atoms with Crippen LogP contribution in [-0.2, 0) is 17.6 Å². The van der Waals surface area contributed by atoms with E-state index in [1.807, 2.05) is 26.8 Å². The lowest BCUT2D eigenvalue weighted by atomic mass is 9.83. The number of anilines is 1. The molecule has 110 valence electrons. The van der Waals surface area contributed by atoms with Crippen molar-refractivity contribution in [2.24, 2.45) is 5.92 Å². The van der Waals surface area contributed by atoms with Crippen LogP contribution < -0.4 is 11.1 Å². The molecule has 0 fully saturated rings. The number of carbonyl (C=O) groups is 1. The van der Waals surface area contributed by atoms with Crippen LogP contribution in [0.1, 0.15) is 38.3 Å². The monoisotopic (exact) mass is 276 g/mol. The highest BCUT2D eigenvalue weighted by Crippen LogP contribution is 2.26. The molecule has 0 bridgehead atoms. The number of nitrogens with one attached hydrogen (secondary N) is 1. The standard InChI is InChI=1S/C16H24N2O2/c1-16(2,3)20-15(19)18-10-11-4-5-13-9-14(17)7-6-12(13)8-11/h6-7,9,11H,4-5,8,10,17H2,1-3H3,(H,18,19). The van der Waals surface area contributed by atoms with E-state index >= 15 is 0 Å². The maximum absolute atomic E-state index is 11.6. The summed E-state index contributed by atoms with van der Waals surface area (Å²) in [5, 5.41) is 2.87. The number of hydrogen-bond donors (Lipinski definition) is 2. The van der Waals surface area contributed by atoms with Gasteiger partial charge in [-0.05, 0) is 69.2 Å². The first-order chi connectivity index (χ1) is 9.33. The Morgan fingerprint density at radius 3 is 2.85 bits per heavy atom. The van der Waals surface area contributed by atoms with Crippen LogP contribution in [0.25, 0.3) is 0 Å². The van der Waals surface area contributed by atoms with E-state index in [-0.39, 0.29) is 6.09 Å². The zero-order chi connectivity index (χ0) is 14.8. The Labute approximate surface area is 120 Å². The molecule has 0 aromatic heterocycles. The summed E-state index contributed by atoms with van der Waals surface area (Å²) in [6.45, 7) is 6.27. The van der Waals surface area contributed by atoms with E-state index in [2.05, 4.69) is 17.4 Å². The lowest BCUT2D eigenvalue weighted by molar-refractivity contribution is 0.0518. The average Bonchev–Trinajstić information content (AvgIpc) is 2.34. The molecule has 1 aromatic carbocycles. The molecular formula is C16H24N2O2. The number of nitrogens with two attached hydrogens (primary N) is 1. The molecule has 0 aliphatic heterocycles. The van der Waals surface area contributed by atoms with Gasteiger partial charge in [0.05, 0.1) is 0 Å². The van der Waals surface area contributed by atoms with Gasteiger partial charge in [-0.1, -0.05) is 6.07 Å². The van der Waals surface area contributed by atoms with E-state index in [4.69, 9.17) is 10.5 Å². The van der Waals surface area contributed by atoms with Crippen molar-refractivity contribution < 1.29 is 9.53 Å². The summed E-state index contributed by atoms with van der Waals surface area (Å²) in [6.07, 6.45) is 2.76. The zero-order valence-electron chi connectivity index (χ0n) is 12.5. The van der Waals surface area contributed by atoms with Gasteiger partial charge < -0.3 is 15.8 Å². The quantitative estimate of drug-likeness (QED) is 0.816. The number of nitrogen functional groups attached to an aromatic ring is 1. The van der Waals surface area contributed by atoms with Crippen molar-refractivity contribution in [3.63, 3.8) is 0 Å². The molecule has 0 saturated heterocycles. The zero-order valence-corrected chi connectivity index (χ0v) is 12.5. The third-order valence-electron chi connectivity index (χ3n) is 3.49. The third kappa shape index (κ3) is 4.15. The van der Waals surface area contributed by atoms with Crippen molar-refractivity contribution in [3.05, 3.63) is 29.3 Å². The summed E-state index contributed by atoms with van der Waals surface area (Å²) in [7, 11) is 0. The number of rotatable bonds is 2. The molecule has 0 radical (unpaired) electrons. The second-order valence-electron chi connectivity index (χ2n) is 6.52. The highest BCUT2D eigenvalue weighted by atomic mass is 16.6. The molecule has 2 rings (SSSR count). The SMILES string of the molecule is CC(C)(C)OC(=O)NCC1CCc2cc(N)ccc2C1. The van der Waals surface area contributed by atoms with E-state index in [1.165, 1.54) is 11.1 Å². The van der Waals surface area contributed by atoms with Crippen molar-refractivity contribution in [1.29, 1.82) is 0 Å². The number of fused-ring (bicyclic) bond motifs is 1. The number of alkyl carbamates (subject to hydrolysis) is 1. The molecule has 0 heterocycles. The predicted octanol–water partition coefficient (Wildman–Crippen LogP) is 2.90. The van der Waals surface area contributed by atoms with E-state index in [9.17, 15) is 4.79 Å². The molecule has 1 aliphatic carbocycles. The molecule has 1 aromatic rings. The fourth-order valence-electron chi connectivity index (χ4n) is 2.57. The Kier molecular flexibility index (Phi) is 4.21. The smallest absolute Gasteiger partial charge is 0.407 e. The van der Waals surface area contributed by atoms with Crippen LogP contribution in [0.3, 0.4) is 0 Å². The third-order valence-corrected chi connectivity index (χ3v) is 3.49. The predicted molar refractivity (Wildman–Crippen MR) is 80.6 cm³/mol. The van der Waals surface area contributed by atoms with Crippen molar-refractivity contribution in [1.82, 2.24) is 5.32 Å². The Morgan fingerprint density at radius 2 is 2.15 bits per heavy atom. The molecule has 1 unspecified atom stereocenters. The summed E-state index contributed by atoms with van der Waals surface area (Å²) in [5.41, 5.74) is 8.88. The van der Waals surface area contributed by atoms with Gasteiger partial charge in [0, 0.05) is 12.2 Å². The molecule has 1 atom stereocenters. The lowest BCUT2D eigenvalue weighted by Gasteiger charge is -2.26. The van der Waals surface area contributed by atoms with Gasteiger partial charge in [0.15, 0.2) is 0 Å². The minimum Gasteiger partial charge on any atom is -0.444 e. The molecule has 1 amide bonds. The number of carbonyl (C=O) groups excluding carboxylic acids is 1. The van der Waals surface area contributed by atoms with Crippen LogP contribution in [0.5, 0.6) is 0 Å². The van der Waals surface area contributed by atoms with E-state index in [0.29, 0.717) is 12.5 Å². The Bertz CT molecular complexity index is 492. The first-order valence-corrected chi connectivity index (χ1v) is 7.17. The van der Waals surface area contributed by atoms with Gasteiger partial charge in [-0.3, -0.25) is 0 Å². The van der Waals surface area contributed by atoms with Crippen LogP contribution in [0.15, 0.2) is 18.2 Å². The molecular weight excluding hydrogens is 252 g/mol. The summed E-state index contributed by atoms with van der Waals surface area (Å²) in [5.74, 6) is 0.471. The molecule has 4 nitrogen and oxygen atoms in total. The van der Waals surface area contributed by atoms with Crippen molar-refractivity contribution >= 4 is 11.8 Å². The number of ether oxygens (including phenoxy) is 1. The molecule has 1 aliphatic rings. The van der Waals surface area contributed by atoms with Gasteiger partial charge in [0.2, 0.25) is 0 Å². The van der Waals surface area contributed by atoms with Gasteiger partial charge in [-0.2, -0.15) is 0 Å². The second-order valence-corrected chi connectivity index (χ2v) is 6.52. The highest BCUT2D eigenvalue weighted by molar-refractivity contribution is 5.67. The molecule has 4 heteroatoms. The Morgan fingerprint density at radius 1 is 1.40 bits per heavy atom. The summed E-state index contributed by atoms with van der Waals surface area (Å²) < 4.78 is 5.25. The van der Waals surface area contributed by atoms with Gasteiger partial charge in [-0.25, -0.2) is 4.79 Å². The number of hydrogen-bond acceptors (Lipinski definition) is 3. The second kappa shape index (κ2) is 5.73. The summed E-state index contributed by atoms with van der Waals surface area (Å²) in [4.78, 5) is 11.6. The van der Waals surface area contributed by atoms with Crippen molar-refractivity contribution in [2.45, 2.75) is 45.6 Å². The Hall–Kier alpha value is -1.71. The van der Waals surface area contributed by atoms with Crippen molar-refractivity contribution in [3.8, 4) is 0 Å². The largest absolute Gasteiger partial charge is 0.444 e. The number of amides is 1. The van der Waals surface area contributed by atoms with Crippen LogP contribution in [-0.4, -0.2) is 18.2 Å². The van der Waals surface area contributed by atoms with Crippen LogP contribution in [0, 0.1) is 5.92 Å². The minimum atomic E-state index is -0.444. The van der Waals surface area contributed by atoms with Gasteiger partial charge in [0.25, 0.3) is 0 Å². The van der Waals surface area contributed by atoms with Gasteiger partial charge >= 0.3 is 6.09 Å². The fourth-order valence-corrected chi connectivity index (χ4v) is 2.57. The first kappa shape index (κ1) is 14.7. The summed E-state index contributed by atoms with van der Waals surface area (Å²) in [6, 6.07) is 6.11. The van der Waals surface area contributed by atoms with E-state index in [0.717, 1.165) is 24.9 Å². The first-order valence-electron chi connectivity index (χ1n) is 7.17.